The molecule has 1 aromatic rings. The number of nitrogens with two attached hydrogens (primary N) is 1. The number of hydrogen-bond donors (Lipinski definition) is 2. The van der Waals surface area contributed by atoms with Gasteiger partial charge in [0.1, 0.15) is 0 Å². The van der Waals surface area contributed by atoms with Crippen LogP contribution in [0.25, 0.3) is 0 Å². The molecule has 0 aromatic heterocycles. The smallest absolute Gasteiger partial charge is 0.222 e. The third-order valence-corrected chi connectivity index (χ3v) is 3.93. The Bertz CT molecular complexity index is 448. The Hall–Kier alpha value is -1.55. The summed E-state index contributed by atoms with van der Waals surface area (Å²) in [5.74, 6) is 0.392. The first-order valence-corrected chi connectivity index (χ1v) is 6.87. The lowest BCUT2D eigenvalue weighted by Crippen LogP contribution is -2.45. The molecule has 2 rings (SSSR count). The molecule has 4 heteroatoms. The maximum Gasteiger partial charge on any atom is 0.222 e. The van der Waals surface area contributed by atoms with Crippen LogP contribution in [-0.2, 0) is 11.2 Å². The molecule has 2 unspecified atom stereocenters. The zero-order valence-electron chi connectivity index (χ0n) is 11.4. The van der Waals surface area contributed by atoms with Gasteiger partial charge in [0.2, 0.25) is 5.91 Å². The topological polar surface area (TPSA) is 66.6 Å². The summed E-state index contributed by atoms with van der Waals surface area (Å²) in [5, 5.41) is 9.81. The number of nitrogens with zero attached hydrogens (tertiary/aromatic N) is 1. The molecule has 3 N–H and O–H groups in total. The van der Waals surface area contributed by atoms with E-state index in [4.69, 9.17) is 5.73 Å². The van der Waals surface area contributed by atoms with E-state index in [1.54, 1.807) is 4.90 Å². The molecule has 1 aliphatic heterocycles. The second kappa shape index (κ2) is 6.06. The van der Waals surface area contributed by atoms with Crippen LogP contribution in [0.2, 0.25) is 0 Å². The van der Waals surface area contributed by atoms with E-state index in [2.05, 4.69) is 0 Å². The zero-order chi connectivity index (χ0) is 13.8. The number of amides is 1. The normalized spacial score (nSPS) is 23.4. The van der Waals surface area contributed by atoms with Crippen molar-refractivity contribution in [2.75, 3.05) is 18.8 Å². The largest absolute Gasteiger partial charge is 0.399 e. The van der Waals surface area contributed by atoms with Crippen LogP contribution in [0.15, 0.2) is 24.3 Å². The zero-order valence-corrected chi connectivity index (χ0v) is 11.4. The van der Waals surface area contributed by atoms with Gasteiger partial charge in [0.15, 0.2) is 0 Å². The van der Waals surface area contributed by atoms with E-state index in [1.165, 1.54) is 0 Å². The van der Waals surface area contributed by atoms with Gasteiger partial charge in [-0.25, -0.2) is 0 Å². The van der Waals surface area contributed by atoms with E-state index in [-0.39, 0.29) is 17.9 Å². The summed E-state index contributed by atoms with van der Waals surface area (Å²) in [7, 11) is 0. The summed E-state index contributed by atoms with van der Waals surface area (Å²) in [4.78, 5) is 13.9. The highest BCUT2D eigenvalue weighted by Gasteiger charge is 2.26. The molecule has 1 aromatic carbocycles. The van der Waals surface area contributed by atoms with Gasteiger partial charge in [-0.05, 0) is 30.4 Å². The minimum Gasteiger partial charge on any atom is -0.399 e. The predicted octanol–water partition coefficient (Wildman–Crippen LogP) is 1.43. The number of carbonyl (C=O) groups excluding carboxylic acids is 1. The number of likely N-dealkylation sites (tertiary alicyclic amines) is 1. The molecule has 0 bridgehead atoms. The van der Waals surface area contributed by atoms with Gasteiger partial charge >= 0.3 is 0 Å². The third-order valence-electron chi connectivity index (χ3n) is 3.93. The van der Waals surface area contributed by atoms with E-state index in [9.17, 15) is 9.90 Å². The fourth-order valence-corrected chi connectivity index (χ4v) is 2.44. The number of β-amino-alcohol motifs (C(OH)–C–C–N with tert-alkyl or cyclic N) is 1. The van der Waals surface area contributed by atoms with Gasteiger partial charge in [-0.3, -0.25) is 4.79 Å². The van der Waals surface area contributed by atoms with E-state index in [0.29, 0.717) is 19.4 Å². The summed E-state index contributed by atoms with van der Waals surface area (Å²) >= 11 is 0. The number of aryl methyl sites for hydroxylation is 1. The SMILES string of the molecule is CC1CCN(C(=O)CCc2ccccc2N)CC1O. The maximum atomic E-state index is 12.1. The Kier molecular flexibility index (Phi) is 4.43. The van der Waals surface area contributed by atoms with Gasteiger partial charge < -0.3 is 15.7 Å². The Morgan fingerprint density at radius 1 is 1.47 bits per heavy atom. The van der Waals surface area contributed by atoms with Crippen molar-refractivity contribution in [2.45, 2.75) is 32.3 Å². The van der Waals surface area contributed by atoms with Crippen LogP contribution in [0.5, 0.6) is 0 Å². The van der Waals surface area contributed by atoms with Gasteiger partial charge in [-0.15, -0.1) is 0 Å². The van der Waals surface area contributed by atoms with Crippen molar-refractivity contribution < 1.29 is 9.90 Å². The van der Waals surface area contributed by atoms with Crippen molar-refractivity contribution in [2.24, 2.45) is 5.92 Å². The number of para-hydroxylation sites is 1. The number of carbonyl (C=O) groups is 1. The monoisotopic (exact) mass is 262 g/mol. The molecule has 4 nitrogen and oxygen atoms in total. The fourth-order valence-electron chi connectivity index (χ4n) is 2.44. The van der Waals surface area contributed by atoms with Crippen molar-refractivity contribution >= 4 is 11.6 Å². The third kappa shape index (κ3) is 3.47. The van der Waals surface area contributed by atoms with E-state index in [0.717, 1.165) is 24.2 Å². The lowest BCUT2D eigenvalue weighted by Gasteiger charge is -2.34. The summed E-state index contributed by atoms with van der Waals surface area (Å²) in [5.41, 5.74) is 7.61. The molecule has 1 fully saturated rings. The van der Waals surface area contributed by atoms with Crippen molar-refractivity contribution in [3.05, 3.63) is 29.8 Å². The van der Waals surface area contributed by atoms with Crippen LogP contribution in [0.3, 0.4) is 0 Å². The fraction of sp³-hybridized carbons (Fsp3) is 0.533. The van der Waals surface area contributed by atoms with Crippen LogP contribution in [0, 0.1) is 5.92 Å². The molecule has 1 heterocycles. The summed E-state index contributed by atoms with van der Waals surface area (Å²) in [6.07, 6.45) is 1.60. The van der Waals surface area contributed by atoms with Crippen LogP contribution in [0.4, 0.5) is 5.69 Å². The summed E-state index contributed by atoms with van der Waals surface area (Å²) < 4.78 is 0. The quantitative estimate of drug-likeness (QED) is 0.810. The number of aliphatic hydroxyl groups excluding tert-OH is 1. The van der Waals surface area contributed by atoms with Crippen LogP contribution < -0.4 is 5.73 Å². The summed E-state index contributed by atoms with van der Waals surface area (Å²) in [6, 6.07) is 7.63. The number of aliphatic hydroxyl groups is 1. The molecule has 2 atom stereocenters. The first-order valence-electron chi connectivity index (χ1n) is 6.87. The second-order valence-corrected chi connectivity index (χ2v) is 5.37. The average molecular weight is 262 g/mol. The van der Waals surface area contributed by atoms with Crippen LogP contribution in [0.1, 0.15) is 25.3 Å². The highest BCUT2D eigenvalue weighted by Crippen LogP contribution is 2.19. The molecular formula is C15H22N2O2. The molecule has 0 aliphatic carbocycles. The van der Waals surface area contributed by atoms with Crippen molar-refractivity contribution in [3.63, 3.8) is 0 Å². The lowest BCUT2D eigenvalue weighted by molar-refractivity contribution is -0.135. The molecular weight excluding hydrogens is 240 g/mol. The summed E-state index contributed by atoms with van der Waals surface area (Å²) in [6.45, 7) is 3.24. The standard InChI is InChI=1S/C15H22N2O2/c1-11-8-9-17(10-14(11)18)15(19)7-6-12-4-2-3-5-13(12)16/h2-5,11,14,18H,6-10,16H2,1H3. The minimum atomic E-state index is -0.389. The van der Waals surface area contributed by atoms with Gasteiger partial charge in [-0.1, -0.05) is 25.1 Å². The van der Waals surface area contributed by atoms with Gasteiger partial charge in [0.25, 0.3) is 0 Å². The number of rotatable bonds is 3. The van der Waals surface area contributed by atoms with Gasteiger partial charge in [-0.2, -0.15) is 0 Å². The van der Waals surface area contributed by atoms with Crippen LogP contribution in [-0.4, -0.2) is 35.1 Å². The predicted molar refractivity (Wildman–Crippen MR) is 75.5 cm³/mol. The number of piperidine rings is 1. The Morgan fingerprint density at radius 3 is 2.89 bits per heavy atom. The molecule has 104 valence electrons. The lowest BCUT2D eigenvalue weighted by atomic mass is 9.95. The van der Waals surface area contributed by atoms with E-state index >= 15 is 0 Å². The Labute approximate surface area is 114 Å². The highest BCUT2D eigenvalue weighted by molar-refractivity contribution is 5.76. The molecule has 0 radical (unpaired) electrons. The Morgan fingerprint density at radius 2 is 2.21 bits per heavy atom. The average Bonchev–Trinajstić information content (AvgIpc) is 2.40. The minimum absolute atomic E-state index is 0.106. The van der Waals surface area contributed by atoms with Gasteiger partial charge in [0.05, 0.1) is 6.10 Å². The van der Waals surface area contributed by atoms with E-state index in [1.807, 2.05) is 31.2 Å². The Balaban J connectivity index is 1.87. The molecule has 0 spiro atoms. The maximum absolute atomic E-state index is 12.1. The van der Waals surface area contributed by atoms with Crippen molar-refractivity contribution in [3.8, 4) is 0 Å². The molecule has 19 heavy (non-hydrogen) atoms. The van der Waals surface area contributed by atoms with Crippen molar-refractivity contribution in [1.82, 2.24) is 4.90 Å². The molecule has 0 saturated carbocycles. The highest BCUT2D eigenvalue weighted by atomic mass is 16.3. The number of anilines is 1. The molecule has 1 amide bonds. The van der Waals surface area contributed by atoms with Crippen LogP contribution >= 0.6 is 0 Å². The number of hydrogen-bond acceptors (Lipinski definition) is 3. The first kappa shape index (κ1) is 13.9. The van der Waals surface area contributed by atoms with Gasteiger partial charge in [0, 0.05) is 25.2 Å². The first-order chi connectivity index (χ1) is 9.08. The number of benzene rings is 1. The second-order valence-electron chi connectivity index (χ2n) is 5.37. The molecule has 1 aliphatic rings. The van der Waals surface area contributed by atoms with E-state index < -0.39 is 0 Å². The number of nitrogen functional groups attached to an aromatic ring is 1. The molecule has 1 saturated heterocycles. The van der Waals surface area contributed by atoms with Crippen molar-refractivity contribution in [1.29, 1.82) is 0 Å².